The zero-order chi connectivity index (χ0) is 17.3. The number of aliphatic imine (C=N–C) groups is 1. The minimum absolute atomic E-state index is 0. The standard InChI is InChI=1S/C14H27F3N4O2.HI/c1-12(14(15,16)17)20-5-7-21(8-6-20)13(18-2)19-4-9-23-11-10-22-3;/h12H,4-11H2,1-3H3,(H,18,19);1H. The van der Waals surface area contributed by atoms with E-state index in [1.54, 1.807) is 14.2 Å². The van der Waals surface area contributed by atoms with Gasteiger partial charge in [-0.3, -0.25) is 9.89 Å². The molecule has 24 heavy (non-hydrogen) atoms. The van der Waals surface area contributed by atoms with E-state index >= 15 is 0 Å². The van der Waals surface area contributed by atoms with Gasteiger partial charge in [0.2, 0.25) is 0 Å². The third-order valence-corrected chi connectivity index (χ3v) is 3.81. The quantitative estimate of drug-likeness (QED) is 0.265. The molecule has 1 unspecified atom stereocenters. The SMILES string of the molecule is CN=C(NCCOCCOC)N1CCN(C(C)C(F)(F)F)CC1.I. The van der Waals surface area contributed by atoms with Crippen molar-refractivity contribution in [2.24, 2.45) is 4.99 Å². The number of hydrogen-bond acceptors (Lipinski definition) is 4. The van der Waals surface area contributed by atoms with Gasteiger partial charge in [-0.25, -0.2) is 0 Å². The highest BCUT2D eigenvalue weighted by Gasteiger charge is 2.40. The highest BCUT2D eigenvalue weighted by molar-refractivity contribution is 14.0. The van der Waals surface area contributed by atoms with Crippen LogP contribution >= 0.6 is 24.0 Å². The largest absolute Gasteiger partial charge is 0.403 e. The van der Waals surface area contributed by atoms with E-state index in [0.29, 0.717) is 58.5 Å². The van der Waals surface area contributed by atoms with Gasteiger partial charge in [0.05, 0.1) is 19.8 Å². The van der Waals surface area contributed by atoms with Crippen LogP contribution in [0.4, 0.5) is 13.2 Å². The molecule has 0 spiro atoms. The topological polar surface area (TPSA) is 49.3 Å². The number of halogens is 4. The Kier molecular flexibility index (Phi) is 11.9. The molecule has 144 valence electrons. The summed E-state index contributed by atoms with van der Waals surface area (Å²) in [5, 5.41) is 3.16. The molecule has 0 radical (unpaired) electrons. The number of ether oxygens (including phenoxy) is 2. The number of alkyl halides is 3. The van der Waals surface area contributed by atoms with Crippen LogP contribution in [0.1, 0.15) is 6.92 Å². The lowest BCUT2D eigenvalue weighted by Gasteiger charge is -2.39. The molecule has 1 atom stereocenters. The summed E-state index contributed by atoms with van der Waals surface area (Å²) in [5.41, 5.74) is 0. The van der Waals surface area contributed by atoms with E-state index in [1.807, 2.05) is 4.90 Å². The predicted octanol–water partition coefficient (Wildman–Crippen LogP) is 1.41. The van der Waals surface area contributed by atoms with Gasteiger partial charge in [0.15, 0.2) is 5.96 Å². The Hall–Kier alpha value is -0.330. The summed E-state index contributed by atoms with van der Waals surface area (Å²) in [6, 6.07) is -1.41. The Bertz CT molecular complexity index is 364. The Labute approximate surface area is 158 Å². The highest BCUT2D eigenvalue weighted by atomic mass is 127. The molecule has 0 aromatic heterocycles. The lowest BCUT2D eigenvalue weighted by atomic mass is 10.2. The number of guanidine groups is 1. The first-order valence-corrected chi connectivity index (χ1v) is 7.73. The Morgan fingerprint density at radius 2 is 1.79 bits per heavy atom. The smallest absolute Gasteiger partial charge is 0.382 e. The maximum Gasteiger partial charge on any atom is 0.403 e. The van der Waals surface area contributed by atoms with Crippen LogP contribution in [-0.2, 0) is 9.47 Å². The van der Waals surface area contributed by atoms with Crippen LogP contribution < -0.4 is 5.32 Å². The summed E-state index contributed by atoms with van der Waals surface area (Å²) in [7, 11) is 3.28. The van der Waals surface area contributed by atoms with Crippen molar-refractivity contribution in [1.82, 2.24) is 15.1 Å². The number of methoxy groups -OCH3 is 1. The lowest BCUT2D eigenvalue weighted by Crippen LogP contribution is -2.57. The average Bonchev–Trinajstić information content (AvgIpc) is 2.53. The maximum atomic E-state index is 12.7. The van der Waals surface area contributed by atoms with Crippen LogP contribution in [0.15, 0.2) is 4.99 Å². The minimum atomic E-state index is -4.18. The molecular formula is C14H28F3IN4O2. The van der Waals surface area contributed by atoms with Crippen molar-refractivity contribution in [2.75, 3.05) is 66.7 Å². The van der Waals surface area contributed by atoms with E-state index in [0.717, 1.165) is 0 Å². The van der Waals surface area contributed by atoms with Gasteiger partial charge in [-0.1, -0.05) is 0 Å². The molecule has 0 amide bonds. The summed E-state index contributed by atoms with van der Waals surface area (Å²) in [6.07, 6.45) is -4.18. The minimum Gasteiger partial charge on any atom is -0.382 e. The number of piperazine rings is 1. The molecule has 10 heteroatoms. The molecule has 1 saturated heterocycles. The molecule has 0 saturated carbocycles. The molecular weight excluding hydrogens is 440 g/mol. The molecule has 1 aliphatic rings. The van der Waals surface area contributed by atoms with Crippen molar-refractivity contribution < 1.29 is 22.6 Å². The van der Waals surface area contributed by atoms with Crippen LogP contribution in [0.3, 0.4) is 0 Å². The van der Waals surface area contributed by atoms with Gasteiger partial charge in [-0.15, -0.1) is 24.0 Å². The Morgan fingerprint density at radius 3 is 2.29 bits per heavy atom. The van der Waals surface area contributed by atoms with Gasteiger partial charge < -0.3 is 19.7 Å². The van der Waals surface area contributed by atoms with Gasteiger partial charge in [-0.05, 0) is 6.92 Å². The highest BCUT2D eigenvalue weighted by Crippen LogP contribution is 2.25. The van der Waals surface area contributed by atoms with E-state index in [1.165, 1.54) is 11.8 Å². The predicted molar refractivity (Wildman–Crippen MR) is 98.1 cm³/mol. The van der Waals surface area contributed by atoms with E-state index in [2.05, 4.69) is 10.3 Å². The van der Waals surface area contributed by atoms with Crippen molar-refractivity contribution in [3.05, 3.63) is 0 Å². The monoisotopic (exact) mass is 468 g/mol. The summed E-state index contributed by atoms with van der Waals surface area (Å²) in [5.74, 6) is 0.694. The fraction of sp³-hybridized carbons (Fsp3) is 0.929. The first kappa shape index (κ1) is 23.7. The summed E-state index contributed by atoms with van der Waals surface area (Å²) >= 11 is 0. The fourth-order valence-electron chi connectivity index (χ4n) is 2.34. The summed E-state index contributed by atoms with van der Waals surface area (Å²) in [6.45, 7) is 5.18. The van der Waals surface area contributed by atoms with E-state index < -0.39 is 12.2 Å². The van der Waals surface area contributed by atoms with Crippen molar-refractivity contribution >= 4 is 29.9 Å². The van der Waals surface area contributed by atoms with Crippen LogP contribution in [-0.4, -0.2) is 94.7 Å². The van der Waals surface area contributed by atoms with Crippen LogP contribution in [0.2, 0.25) is 0 Å². The molecule has 0 aliphatic carbocycles. The average molecular weight is 468 g/mol. The number of nitrogens with one attached hydrogen (secondary N) is 1. The van der Waals surface area contributed by atoms with E-state index in [-0.39, 0.29) is 24.0 Å². The van der Waals surface area contributed by atoms with Crippen LogP contribution in [0, 0.1) is 0 Å². The zero-order valence-electron chi connectivity index (χ0n) is 14.4. The Balaban J connectivity index is 0.00000529. The van der Waals surface area contributed by atoms with Crippen LogP contribution in [0.5, 0.6) is 0 Å². The first-order chi connectivity index (χ1) is 10.9. The van der Waals surface area contributed by atoms with Crippen molar-refractivity contribution in [3.63, 3.8) is 0 Å². The van der Waals surface area contributed by atoms with E-state index in [4.69, 9.17) is 9.47 Å². The second-order valence-electron chi connectivity index (χ2n) is 5.32. The second-order valence-corrected chi connectivity index (χ2v) is 5.32. The van der Waals surface area contributed by atoms with Gasteiger partial charge in [0, 0.05) is 46.9 Å². The van der Waals surface area contributed by atoms with Crippen molar-refractivity contribution in [2.45, 2.75) is 19.1 Å². The van der Waals surface area contributed by atoms with E-state index in [9.17, 15) is 13.2 Å². The van der Waals surface area contributed by atoms with Gasteiger partial charge in [0.25, 0.3) is 0 Å². The van der Waals surface area contributed by atoms with Crippen LogP contribution in [0.25, 0.3) is 0 Å². The fourth-order valence-corrected chi connectivity index (χ4v) is 2.34. The molecule has 1 rings (SSSR count). The van der Waals surface area contributed by atoms with Gasteiger partial charge in [0.1, 0.15) is 6.04 Å². The molecule has 1 fully saturated rings. The molecule has 0 aromatic rings. The number of nitrogens with zero attached hydrogens (tertiary/aromatic N) is 3. The number of hydrogen-bond donors (Lipinski definition) is 1. The lowest BCUT2D eigenvalue weighted by molar-refractivity contribution is -0.181. The third kappa shape index (κ3) is 8.17. The molecule has 0 aromatic carbocycles. The maximum absolute atomic E-state index is 12.7. The van der Waals surface area contributed by atoms with Crippen molar-refractivity contribution in [1.29, 1.82) is 0 Å². The molecule has 1 aliphatic heterocycles. The summed E-state index contributed by atoms with van der Waals surface area (Å²) in [4.78, 5) is 7.60. The third-order valence-electron chi connectivity index (χ3n) is 3.81. The van der Waals surface area contributed by atoms with Crippen molar-refractivity contribution in [3.8, 4) is 0 Å². The summed E-state index contributed by atoms with van der Waals surface area (Å²) < 4.78 is 48.4. The normalized spacial score (nSPS) is 18.2. The zero-order valence-corrected chi connectivity index (χ0v) is 16.8. The molecule has 1 heterocycles. The Morgan fingerprint density at radius 1 is 1.17 bits per heavy atom. The molecule has 6 nitrogen and oxygen atoms in total. The second kappa shape index (κ2) is 12.1. The molecule has 1 N–H and O–H groups in total. The van der Waals surface area contributed by atoms with Gasteiger partial charge in [-0.2, -0.15) is 13.2 Å². The first-order valence-electron chi connectivity index (χ1n) is 7.73. The van der Waals surface area contributed by atoms with Gasteiger partial charge >= 0.3 is 6.18 Å². The molecule has 0 bridgehead atoms. The number of rotatable bonds is 7.